The van der Waals surface area contributed by atoms with Crippen molar-refractivity contribution < 1.29 is 19.0 Å². The number of halogens is 1. The van der Waals surface area contributed by atoms with Crippen molar-refractivity contribution in [2.24, 2.45) is 0 Å². The number of carbonyl (C=O) groups excluding carboxylic acids is 1. The van der Waals surface area contributed by atoms with E-state index in [1.54, 1.807) is 55.6 Å². The second kappa shape index (κ2) is 8.29. The van der Waals surface area contributed by atoms with Gasteiger partial charge in [-0.1, -0.05) is 0 Å². The molecule has 0 aliphatic heterocycles. The van der Waals surface area contributed by atoms with Crippen LogP contribution in [0, 0.1) is 0 Å². The average Bonchev–Trinajstić information content (AvgIpc) is 2.58. The van der Waals surface area contributed by atoms with E-state index in [9.17, 15) is 4.79 Å². The molecule has 116 valence electrons. The second-order valence-electron chi connectivity index (χ2n) is 4.45. The number of benzene rings is 2. The summed E-state index contributed by atoms with van der Waals surface area (Å²) in [5, 5.41) is 0. The van der Waals surface area contributed by atoms with Crippen molar-refractivity contribution in [2.75, 3.05) is 26.2 Å². The molecule has 0 atom stereocenters. The van der Waals surface area contributed by atoms with E-state index in [-0.39, 0.29) is 12.4 Å². The average molecular weight is 321 g/mol. The summed E-state index contributed by atoms with van der Waals surface area (Å²) in [4.78, 5) is 12.1. The Hall–Kier alpha value is -2.20. The molecule has 2 aromatic rings. The normalized spacial score (nSPS) is 10.1. The Morgan fingerprint density at radius 2 is 1.45 bits per heavy atom. The molecule has 5 heteroatoms. The summed E-state index contributed by atoms with van der Waals surface area (Å²) in [5.41, 5.74) is 0.576. The first kappa shape index (κ1) is 16.2. The molecule has 0 amide bonds. The fourth-order valence-electron chi connectivity index (χ4n) is 1.80. The lowest BCUT2D eigenvalue weighted by Gasteiger charge is -2.07. The minimum Gasteiger partial charge on any atom is -0.497 e. The van der Waals surface area contributed by atoms with Crippen molar-refractivity contribution in [3.8, 4) is 17.2 Å². The Morgan fingerprint density at radius 1 is 0.909 bits per heavy atom. The van der Waals surface area contributed by atoms with Gasteiger partial charge in [0.15, 0.2) is 12.4 Å². The second-order valence-corrected chi connectivity index (χ2v) is 4.83. The van der Waals surface area contributed by atoms with Crippen molar-refractivity contribution in [2.45, 2.75) is 0 Å². The van der Waals surface area contributed by atoms with Crippen LogP contribution in [-0.2, 0) is 0 Å². The lowest BCUT2D eigenvalue weighted by molar-refractivity contribution is 0.0921. The van der Waals surface area contributed by atoms with Crippen LogP contribution in [0.2, 0.25) is 0 Å². The van der Waals surface area contributed by atoms with Gasteiger partial charge >= 0.3 is 0 Å². The fraction of sp³-hybridized carbons (Fsp3) is 0.235. The summed E-state index contributed by atoms with van der Waals surface area (Å²) in [6.07, 6.45) is 0. The van der Waals surface area contributed by atoms with Gasteiger partial charge in [-0.3, -0.25) is 4.79 Å². The number of ether oxygens (including phenoxy) is 3. The first-order valence-corrected chi connectivity index (χ1v) is 7.35. The van der Waals surface area contributed by atoms with Gasteiger partial charge in [-0.25, -0.2) is 0 Å². The van der Waals surface area contributed by atoms with Crippen LogP contribution in [-0.4, -0.2) is 32.0 Å². The monoisotopic (exact) mass is 320 g/mol. The predicted molar refractivity (Wildman–Crippen MR) is 85.5 cm³/mol. The van der Waals surface area contributed by atoms with Gasteiger partial charge in [0.05, 0.1) is 13.0 Å². The van der Waals surface area contributed by atoms with Crippen LogP contribution >= 0.6 is 11.6 Å². The Labute approximate surface area is 134 Å². The van der Waals surface area contributed by atoms with Gasteiger partial charge in [-0.05, 0) is 48.5 Å². The number of hydrogen-bond acceptors (Lipinski definition) is 4. The molecule has 0 radical (unpaired) electrons. The number of methoxy groups -OCH3 is 1. The molecular weight excluding hydrogens is 304 g/mol. The third kappa shape index (κ3) is 4.67. The molecule has 0 aromatic heterocycles. The van der Waals surface area contributed by atoms with E-state index in [2.05, 4.69) is 0 Å². The zero-order valence-electron chi connectivity index (χ0n) is 12.3. The van der Waals surface area contributed by atoms with Crippen LogP contribution in [0.3, 0.4) is 0 Å². The Kier molecular flexibility index (Phi) is 6.10. The molecule has 2 rings (SSSR count). The van der Waals surface area contributed by atoms with Crippen molar-refractivity contribution in [3.63, 3.8) is 0 Å². The molecule has 0 spiro atoms. The largest absolute Gasteiger partial charge is 0.497 e. The van der Waals surface area contributed by atoms with Crippen LogP contribution in [0.5, 0.6) is 17.2 Å². The third-order valence-corrected chi connectivity index (χ3v) is 3.11. The van der Waals surface area contributed by atoms with Gasteiger partial charge < -0.3 is 14.2 Å². The molecule has 0 saturated carbocycles. The van der Waals surface area contributed by atoms with E-state index in [0.717, 1.165) is 5.75 Å². The highest BCUT2D eigenvalue weighted by Gasteiger charge is 2.07. The van der Waals surface area contributed by atoms with Crippen LogP contribution in [0.25, 0.3) is 0 Å². The Bertz CT molecular complexity index is 593. The quantitative estimate of drug-likeness (QED) is 0.551. The zero-order chi connectivity index (χ0) is 15.8. The molecule has 22 heavy (non-hydrogen) atoms. The smallest absolute Gasteiger partial charge is 0.200 e. The highest BCUT2D eigenvalue weighted by molar-refractivity contribution is 6.18. The third-order valence-electron chi connectivity index (χ3n) is 2.95. The maximum atomic E-state index is 12.1. The fourth-order valence-corrected chi connectivity index (χ4v) is 1.87. The van der Waals surface area contributed by atoms with E-state index in [4.69, 9.17) is 25.8 Å². The van der Waals surface area contributed by atoms with Crippen LogP contribution in [0.4, 0.5) is 0 Å². The lowest BCUT2D eigenvalue weighted by Crippen LogP contribution is -2.11. The highest BCUT2D eigenvalue weighted by atomic mass is 35.5. The molecule has 4 nitrogen and oxygen atoms in total. The molecule has 0 unspecified atom stereocenters. The van der Waals surface area contributed by atoms with E-state index < -0.39 is 0 Å². The number of carbonyl (C=O) groups is 1. The molecule has 0 heterocycles. The van der Waals surface area contributed by atoms with Crippen LogP contribution in [0.15, 0.2) is 48.5 Å². The van der Waals surface area contributed by atoms with E-state index in [0.29, 0.717) is 29.5 Å². The molecule has 0 saturated heterocycles. The van der Waals surface area contributed by atoms with Crippen molar-refractivity contribution in [1.29, 1.82) is 0 Å². The maximum Gasteiger partial charge on any atom is 0.200 e. The Balaban J connectivity index is 1.88. The van der Waals surface area contributed by atoms with E-state index in [1.165, 1.54) is 0 Å². The van der Waals surface area contributed by atoms with Gasteiger partial charge in [0.1, 0.15) is 23.9 Å². The summed E-state index contributed by atoms with van der Waals surface area (Å²) in [5.74, 6) is 2.38. The van der Waals surface area contributed by atoms with E-state index in [1.807, 2.05) is 0 Å². The number of rotatable bonds is 8. The van der Waals surface area contributed by atoms with Crippen molar-refractivity contribution in [3.05, 3.63) is 54.1 Å². The van der Waals surface area contributed by atoms with Gasteiger partial charge in [0, 0.05) is 5.56 Å². The first-order chi connectivity index (χ1) is 10.7. The van der Waals surface area contributed by atoms with Gasteiger partial charge in [0.2, 0.25) is 0 Å². The molecule has 0 bridgehead atoms. The molecule has 0 fully saturated rings. The minimum atomic E-state index is -0.0975. The Morgan fingerprint density at radius 3 is 2.05 bits per heavy atom. The number of hydrogen-bond donors (Lipinski definition) is 0. The van der Waals surface area contributed by atoms with Gasteiger partial charge in [-0.2, -0.15) is 0 Å². The summed E-state index contributed by atoms with van der Waals surface area (Å²) in [6, 6.07) is 14.0. The van der Waals surface area contributed by atoms with Gasteiger partial charge in [-0.15, -0.1) is 11.6 Å². The molecular formula is C17H17ClO4. The van der Waals surface area contributed by atoms with Crippen molar-refractivity contribution in [1.82, 2.24) is 0 Å². The standard InChI is InChI=1S/C17H17ClO4/c1-20-14-6-8-16(9-7-14)22-12-17(19)13-2-4-15(5-3-13)21-11-10-18/h2-9H,10-12H2,1H3. The van der Waals surface area contributed by atoms with Crippen LogP contribution < -0.4 is 14.2 Å². The minimum absolute atomic E-state index is 0.0196. The number of Topliss-reactive ketones (excluding diaryl/α,β-unsaturated/α-hetero) is 1. The number of alkyl halides is 1. The maximum absolute atomic E-state index is 12.1. The molecule has 2 aromatic carbocycles. The molecule has 0 N–H and O–H groups in total. The zero-order valence-corrected chi connectivity index (χ0v) is 13.0. The molecule has 0 aliphatic rings. The lowest BCUT2D eigenvalue weighted by atomic mass is 10.1. The topological polar surface area (TPSA) is 44.8 Å². The predicted octanol–water partition coefficient (Wildman–Crippen LogP) is 3.57. The van der Waals surface area contributed by atoms with Gasteiger partial charge in [0.25, 0.3) is 0 Å². The molecule has 0 aliphatic carbocycles. The van der Waals surface area contributed by atoms with E-state index >= 15 is 0 Å². The SMILES string of the molecule is COc1ccc(OCC(=O)c2ccc(OCCCl)cc2)cc1. The van der Waals surface area contributed by atoms with Crippen LogP contribution in [0.1, 0.15) is 10.4 Å². The summed E-state index contributed by atoms with van der Waals surface area (Å²) >= 11 is 5.55. The highest BCUT2D eigenvalue weighted by Crippen LogP contribution is 2.18. The summed E-state index contributed by atoms with van der Waals surface area (Å²) < 4.78 is 15.9. The summed E-state index contributed by atoms with van der Waals surface area (Å²) in [6.45, 7) is 0.420. The summed E-state index contributed by atoms with van der Waals surface area (Å²) in [7, 11) is 1.60. The first-order valence-electron chi connectivity index (χ1n) is 6.82. The number of ketones is 1. The van der Waals surface area contributed by atoms with Crippen molar-refractivity contribution >= 4 is 17.4 Å².